The molecular formula is C13H14ClN3O2S. The van der Waals surface area contributed by atoms with Crippen LogP contribution in [0.15, 0.2) is 41.4 Å². The molecule has 0 aliphatic rings. The van der Waals surface area contributed by atoms with Gasteiger partial charge in [-0.15, -0.1) is 0 Å². The Balaban J connectivity index is 2.17. The monoisotopic (exact) mass is 311 g/mol. The molecule has 3 N–H and O–H groups in total. The van der Waals surface area contributed by atoms with Crippen molar-refractivity contribution in [1.82, 2.24) is 9.71 Å². The number of aryl methyl sites for hydroxylation is 1. The third-order valence-corrected chi connectivity index (χ3v) is 4.37. The van der Waals surface area contributed by atoms with E-state index in [1.165, 1.54) is 12.3 Å². The number of hydrogen-bond acceptors (Lipinski definition) is 4. The van der Waals surface area contributed by atoms with E-state index in [0.29, 0.717) is 0 Å². The molecule has 5 nitrogen and oxygen atoms in total. The first-order chi connectivity index (χ1) is 9.38. The predicted molar refractivity (Wildman–Crippen MR) is 78.9 cm³/mol. The van der Waals surface area contributed by atoms with Crippen molar-refractivity contribution < 1.29 is 8.42 Å². The van der Waals surface area contributed by atoms with Crippen LogP contribution in [0.2, 0.25) is 5.02 Å². The van der Waals surface area contributed by atoms with Crippen LogP contribution in [0.1, 0.15) is 11.1 Å². The quantitative estimate of drug-likeness (QED) is 0.905. The molecule has 1 aromatic carbocycles. The molecule has 106 valence electrons. The molecular weight excluding hydrogens is 298 g/mol. The van der Waals surface area contributed by atoms with Gasteiger partial charge < -0.3 is 5.73 Å². The Bertz CT molecular complexity index is 732. The number of hydrogen-bond donors (Lipinski definition) is 2. The number of nitrogens with two attached hydrogens (primary N) is 1. The third kappa shape index (κ3) is 3.47. The second kappa shape index (κ2) is 5.78. The summed E-state index contributed by atoms with van der Waals surface area (Å²) in [7, 11) is -3.66. The maximum Gasteiger partial charge on any atom is 0.242 e. The van der Waals surface area contributed by atoms with Crippen molar-refractivity contribution in [3.05, 3.63) is 52.7 Å². The molecule has 0 aliphatic heterocycles. The molecule has 0 fully saturated rings. The lowest BCUT2D eigenvalue weighted by Gasteiger charge is -2.08. The zero-order chi connectivity index (χ0) is 14.8. The molecule has 0 unspecified atom stereocenters. The molecule has 1 heterocycles. The third-order valence-electron chi connectivity index (χ3n) is 2.70. The summed E-state index contributed by atoms with van der Waals surface area (Å²) in [5, 5.41) is 0.114. The number of nitrogen functional groups attached to an aromatic ring is 1. The maximum absolute atomic E-state index is 12.1. The first-order valence-corrected chi connectivity index (χ1v) is 7.71. The summed E-state index contributed by atoms with van der Waals surface area (Å²) in [6, 6.07) is 8.87. The van der Waals surface area contributed by atoms with Gasteiger partial charge in [0.2, 0.25) is 10.0 Å². The summed E-state index contributed by atoms with van der Waals surface area (Å²) in [5.74, 6) is 0.101. The average molecular weight is 312 g/mol. The van der Waals surface area contributed by atoms with E-state index >= 15 is 0 Å². The molecule has 0 bridgehead atoms. The smallest absolute Gasteiger partial charge is 0.242 e. The molecule has 0 saturated heterocycles. The molecule has 2 rings (SSSR count). The molecule has 20 heavy (non-hydrogen) atoms. The molecule has 0 spiro atoms. The lowest BCUT2D eigenvalue weighted by atomic mass is 10.1. The molecule has 0 atom stereocenters. The minimum Gasteiger partial charge on any atom is -0.382 e. The number of benzene rings is 1. The van der Waals surface area contributed by atoms with Gasteiger partial charge in [0.1, 0.15) is 10.7 Å². The second-order valence-electron chi connectivity index (χ2n) is 4.35. The number of aromatic nitrogens is 1. The normalized spacial score (nSPS) is 11.5. The molecule has 0 radical (unpaired) electrons. The SMILES string of the molecule is Cc1cccc(CNS(=O)(=O)c2cnc(N)c(Cl)c2)c1. The highest BCUT2D eigenvalue weighted by Crippen LogP contribution is 2.19. The summed E-state index contributed by atoms with van der Waals surface area (Å²) in [6.07, 6.45) is 1.18. The van der Waals surface area contributed by atoms with Crippen LogP contribution in [0.4, 0.5) is 5.82 Å². The van der Waals surface area contributed by atoms with Crippen LogP contribution in [0.25, 0.3) is 0 Å². The number of pyridine rings is 1. The van der Waals surface area contributed by atoms with Gasteiger partial charge in [-0.25, -0.2) is 18.1 Å². The van der Waals surface area contributed by atoms with E-state index in [0.717, 1.165) is 11.1 Å². The van der Waals surface area contributed by atoms with Crippen molar-refractivity contribution in [3.8, 4) is 0 Å². The van der Waals surface area contributed by atoms with E-state index in [-0.39, 0.29) is 22.3 Å². The highest BCUT2D eigenvalue weighted by molar-refractivity contribution is 7.89. The Morgan fingerprint density at radius 3 is 2.75 bits per heavy atom. The first kappa shape index (κ1) is 14.8. The van der Waals surface area contributed by atoms with Gasteiger partial charge in [-0.1, -0.05) is 41.4 Å². The minimum atomic E-state index is -3.66. The van der Waals surface area contributed by atoms with Gasteiger partial charge in [-0.05, 0) is 18.6 Å². The summed E-state index contributed by atoms with van der Waals surface area (Å²) < 4.78 is 26.7. The van der Waals surface area contributed by atoms with Gasteiger partial charge in [0.05, 0.1) is 5.02 Å². The number of nitrogens with one attached hydrogen (secondary N) is 1. The van der Waals surface area contributed by atoms with Crippen LogP contribution < -0.4 is 10.5 Å². The van der Waals surface area contributed by atoms with Crippen molar-refractivity contribution in [2.75, 3.05) is 5.73 Å². The number of anilines is 1. The van der Waals surface area contributed by atoms with E-state index in [2.05, 4.69) is 9.71 Å². The first-order valence-electron chi connectivity index (χ1n) is 5.85. The Morgan fingerprint density at radius 2 is 2.10 bits per heavy atom. The lowest BCUT2D eigenvalue weighted by Crippen LogP contribution is -2.23. The molecule has 0 saturated carbocycles. The van der Waals surface area contributed by atoms with Crippen LogP contribution in [0.5, 0.6) is 0 Å². The van der Waals surface area contributed by atoms with Gasteiger partial charge in [0.25, 0.3) is 0 Å². The molecule has 1 aromatic heterocycles. The van der Waals surface area contributed by atoms with Gasteiger partial charge in [0, 0.05) is 12.7 Å². The number of halogens is 1. The zero-order valence-corrected chi connectivity index (χ0v) is 12.4. The van der Waals surface area contributed by atoms with Crippen molar-refractivity contribution >= 4 is 27.4 Å². The Kier molecular flexibility index (Phi) is 4.27. The number of nitrogens with zero attached hydrogens (tertiary/aromatic N) is 1. The Hall–Kier alpha value is -1.63. The highest BCUT2D eigenvalue weighted by atomic mass is 35.5. The van der Waals surface area contributed by atoms with E-state index in [9.17, 15) is 8.42 Å². The Labute approximate surface area is 122 Å². The van der Waals surface area contributed by atoms with Crippen molar-refractivity contribution in [3.63, 3.8) is 0 Å². The minimum absolute atomic E-state index is 0.00986. The van der Waals surface area contributed by atoms with Gasteiger partial charge >= 0.3 is 0 Å². The number of rotatable bonds is 4. The molecule has 0 amide bonds. The maximum atomic E-state index is 12.1. The van der Waals surface area contributed by atoms with E-state index in [1.807, 2.05) is 31.2 Å². The second-order valence-corrected chi connectivity index (χ2v) is 6.53. The molecule has 2 aromatic rings. The average Bonchev–Trinajstić information content (AvgIpc) is 2.40. The van der Waals surface area contributed by atoms with Crippen molar-refractivity contribution in [1.29, 1.82) is 0 Å². The van der Waals surface area contributed by atoms with E-state index in [4.69, 9.17) is 17.3 Å². The summed E-state index contributed by atoms with van der Waals surface area (Å²) in [5.41, 5.74) is 7.40. The fourth-order valence-corrected chi connectivity index (χ4v) is 2.88. The number of sulfonamides is 1. The van der Waals surface area contributed by atoms with Gasteiger partial charge in [0.15, 0.2) is 0 Å². The largest absolute Gasteiger partial charge is 0.382 e. The predicted octanol–water partition coefficient (Wildman–Crippen LogP) is 2.10. The highest BCUT2D eigenvalue weighted by Gasteiger charge is 2.15. The van der Waals surface area contributed by atoms with Crippen LogP contribution in [0, 0.1) is 6.92 Å². The van der Waals surface area contributed by atoms with E-state index < -0.39 is 10.0 Å². The summed E-state index contributed by atoms with van der Waals surface area (Å²) >= 11 is 5.78. The van der Waals surface area contributed by atoms with Crippen LogP contribution in [0.3, 0.4) is 0 Å². The Morgan fingerprint density at radius 1 is 1.35 bits per heavy atom. The van der Waals surface area contributed by atoms with E-state index in [1.54, 1.807) is 0 Å². The van der Waals surface area contributed by atoms with Crippen molar-refractivity contribution in [2.24, 2.45) is 0 Å². The molecule has 7 heteroatoms. The summed E-state index contributed by atoms with van der Waals surface area (Å²) in [4.78, 5) is 3.73. The fraction of sp³-hybridized carbons (Fsp3) is 0.154. The standard InChI is InChI=1S/C13H14ClN3O2S/c1-9-3-2-4-10(5-9)7-17-20(18,19)11-6-12(14)13(15)16-8-11/h2-6,8,17H,7H2,1H3,(H2,15,16). The van der Waals surface area contributed by atoms with Crippen molar-refractivity contribution in [2.45, 2.75) is 18.4 Å². The topological polar surface area (TPSA) is 85.1 Å². The van der Waals surface area contributed by atoms with Crippen LogP contribution in [-0.2, 0) is 16.6 Å². The fourth-order valence-electron chi connectivity index (χ4n) is 1.66. The van der Waals surface area contributed by atoms with Gasteiger partial charge in [-0.3, -0.25) is 0 Å². The lowest BCUT2D eigenvalue weighted by molar-refractivity contribution is 0.581. The zero-order valence-electron chi connectivity index (χ0n) is 10.8. The molecule has 0 aliphatic carbocycles. The summed E-state index contributed by atoms with van der Waals surface area (Å²) in [6.45, 7) is 2.15. The van der Waals surface area contributed by atoms with Crippen LogP contribution in [-0.4, -0.2) is 13.4 Å². The van der Waals surface area contributed by atoms with Gasteiger partial charge in [-0.2, -0.15) is 0 Å². The van der Waals surface area contributed by atoms with Crippen LogP contribution >= 0.6 is 11.6 Å².